The zero-order chi connectivity index (χ0) is 10.7. The van der Waals surface area contributed by atoms with Gasteiger partial charge in [-0.05, 0) is 17.8 Å². The van der Waals surface area contributed by atoms with Crippen LogP contribution in [0.25, 0.3) is 0 Å². The maximum absolute atomic E-state index is 9.03. The summed E-state index contributed by atoms with van der Waals surface area (Å²) in [5, 5.41) is 9.03. The van der Waals surface area contributed by atoms with Crippen LogP contribution in [0.15, 0.2) is 0 Å². The largest absolute Gasteiger partial charge is 0.391 e. The summed E-state index contributed by atoms with van der Waals surface area (Å²) in [6.45, 7) is 13.9. The number of rotatable bonds is 4. The van der Waals surface area contributed by atoms with Crippen molar-refractivity contribution in [1.82, 2.24) is 0 Å². The average molecular weight is 188 g/mol. The van der Waals surface area contributed by atoms with Crippen LogP contribution in [0, 0.1) is 10.8 Å². The molecule has 0 aromatic heterocycles. The first-order chi connectivity index (χ1) is 5.67. The highest BCUT2D eigenvalue weighted by Crippen LogP contribution is 2.37. The van der Waals surface area contributed by atoms with Gasteiger partial charge in [0.05, 0.1) is 19.3 Å². The Bertz CT molecular complexity index is 143. The van der Waals surface area contributed by atoms with Gasteiger partial charge in [-0.2, -0.15) is 0 Å². The molecule has 0 amide bonds. The Morgan fingerprint density at radius 1 is 1.15 bits per heavy atom. The summed E-state index contributed by atoms with van der Waals surface area (Å²) in [5.74, 6) is 0. The molecular weight excluding hydrogens is 164 g/mol. The first-order valence-electron chi connectivity index (χ1n) is 4.92. The van der Waals surface area contributed by atoms with Crippen LogP contribution < -0.4 is 0 Å². The summed E-state index contributed by atoms with van der Waals surface area (Å²) in [6, 6.07) is 0. The quantitative estimate of drug-likeness (QED) is 0.734. The molecule has 0 heterocycles. The third kappa shape index (κ3) is 4.63. The van der Waals surface area contributed by atoms with Crippen molar-refractivity contribution in [3.05, 3.63) is 0 Å². The van der Waals surface area contributed by atoms with Gasteiger partial charge in [-0.15, -0.1) is 0 Å². The monoisotopic (exact) mass is 188 g/mol. The molecule has 0 aromatic rings. The third-order valence-electron chi connectivity index (χ3n) is 2.85. The van der Waals surface area contributed by atoms with Crippen molar-refractivity contribution < 1.29 is 9.84 Å². The van der Waals surface area contributed by atoms with Crippen molar-refractivity contribution in [2.24, 2.45) is 10.8 Å². The Balaban J connectivity index is 3.90. The first-order valence-corrected chi connectivity index (χ1v) is 4.92. The summed E-state index contributed by atoms with van der Waals surface area (Å²) in [7, 11) is 0. The van der Waals surface area contributed by atoms with Crippen LogP contribution in [0.5, 0.6) is 0 Å². The van der Waals surface area contributed by atoms with Crippen molar-refractivity contribution in [3.8, 4) is 0 Å². The van der Waals surface area contributed by atoms with E-state index < -0.39 is 0 Å². The van der Waals surface area contributed by atoms with Crippen molar-refractivity contribution in [2.45, 2.75) is 47.6 Å². The Morgan fingerprint density at radius 3 is 1.92 bits per heavy atom. The molecule has 0 saturated carbocycles. The van der Waals surface area contributed by atoms with E-state index >= 15 is 0 Å². The molecule has 0 aromatic carbocycles. The lowest BCUT2D eigenvalue weighted by Gasteiger charge is -2.38. The van der Waals surface area contributed by atoms with E-state index in [0.717, 1.165) is 0 Å². The minimum Gasteiger partial charge on any atom is -0.391 e. The summed E-state index contributed by atoms with van der Waals surface area (Å²) in [4.78, 5) is 0. The van der Waals surface area contributed by atoms with Gasteiger partial charge < -0.3 is 9.84 Å². The van der Waals surface area contributed by atoms with Gasteiger partial charge in [0, 0.05) is 0 Å². The van der Waals surface area contributed by atoms with Gasteiger partial charge in [0.2, 0.25) is 0 Å². The van der Waals surface area contributed by atoms with Gasteiger partial charge in [-0.3, -0.25) is 0 Å². The van der Waals surface area contributed by atoms with E-state index in [0.29, 0.717) is 13.2 Å². The van der Waals surface area contributed by atoms with E-state index in [2.05, 4.69) is 34.6 Å². The molecule has 0 saturated heterocycles. The van der Waals surface area contributed by atoms with Gasteiger partial charge >= 0.3 is 0 Å². The zero-order valence-corrected chi connectivity index (χ0v) is 9.85. The van der Waals surface area contributed by atoms with Crippen molar-refractivity contribution in [1.29, 1.82) is 0 Å². The maximum atomic E-state index is 9.03. The van der Waals surface area contributed by atoms with E-state index in [-0.39, 0.29) is 16.9 Å². The predicted octanol–water partition coefficient (Wildman–Crippen LogP) is 2.46. The second-order valence-electron chi connectivity index (χ2n) is 5.50. The molecule has 2 nitrogen and oxygen atoms in total. The van der Waals surface area contributed by atoms with Crippen LogP contribution in [-0.2, 0) is 4.74 Å². The molecule has 0 bridgehead atoms. The Hall–Kier alpha value is -0.0800. The lowest BCUT2D eigenvalue weighted by molar-refractivity contribution is -0.0293. The highest BCUT2D eigenvalue weighted by molar-refractivity contribution is 4.81. The van der Waals surface area contributed by atoms with Gasteiger partial charge in [-0.25, -0.2) is 0 Å². The smallest absolute Gasteiger partial charge is 0.0745 e. The molecule has 13 heavy (non-hydrogen) atoms. The number of hydrogen-bond acceptors (Lipinski definition) is 2. The van der Waals surface area contributed by atoms with Crippen LogP contribution in [-0.4, -0.2) is 24.4 Å². The number of ether oxygens (including phenoxy) is 1. The minimum atomic E-state index is -0.365. The predicted molar refractivity (Wildman–Crippen MR) is 55.7 cm³/mol. The highest BCUT2D eigenvalue weighted by Gasteiger charge is 2.32. The molecule has 0 radical (unpaired) electrons. The molecule has 0 aliphatic rings. The van der Waals surface area contributed by atoms with Crippen LogP contribution >= 0.6 is 0 Å². The lowest BCUT2D eigenvalue weighted by atomic mass is 9.70. The number of aliphatic hydroxyl groups is 1. The second-order valence-corrected chi connectivity index (χ2v) is 5.50. The summed E-state index contributed by atoms with van der Waals surface area (Å²) >= 11 is 0. The molecule has 2 heteroatoms. The van der Waals surface area contributed by atoms with E-state index in [4.69, 9.17) is 9.84 Å². The van der Waals surface area contributed by atoms with Gasteiger partial charge in [0.15, 0.2) is 0 Å². The summed E-state index contributed by atoms with van der Waals surface area (Å²) in [6.07, 6.45) is -0.365. The Labute approximate surface area is 82.3 Å². The molecule has 1 N–H and O–H groups in total. The zero-order valence-electron chi connectivity index (χ0n) is 9.85. The van der Waals surface area contributed by atoms with Crippen molar-refractivity contribution >= 4 is 0 Å². The van der Waals surface area contributed by atoms with Crippen molar-refractivity contribution in [3.63, 3.8) is 0 Å². The molecule has 0 fully saturated rings. The fourth-order valence-corrected chi connectivity index (χ4v) is 0.701. The SMILES string of the molecule is CC(O)COCC(C)(C)C(C)(C)C. The second kappa shape index (κ2) is 4.43. The fraction of sp³-hybridized carbons (Fsp3) is 1.00. The summed E-state index contributed by atoms with van der Waals surface area (Å²) < 4.78 is 5.44. The molecule has 1 atom stereocenters. The molecule has 0 aliphatic carbocycles. The molecule has 1 unspecified atom stereocenters. The molecule has 0 aliphatic heterocycles. The summed E-state index contributed by atoms with van der Waals surface area (Å²) in [5.41, 5.74) is 0.369. The molecule has 80 valence electrons. The van der Waals surface area contributed by atoms with E-state index in [9.17, 15) is 0 Å². The number of aliphatic hydroxyl groups excluding tert-OH is 1. The molecule has 0 rings (SSSR count). The van der Waals surface area contributed by atoms with Crippen molar-refractivity contribution in [2.75, 3.05) is 13.2 Å². The fourth-order valence-electron chi connectivity index (χ4n) is 0.701. The van der Waals surface area contributed by atoms with Crippen LogP contribution in [0.3, 0.4) is 0 Å². The van der Waals surface area contributed by atoms with E-state index in [1.165, 1.54) is 0 Å². The normalized spacial score (nSPS) is 15.9. The lowest BCUT2D eigenvalue weighted by Crippen LogP contribution is -2.35. The van der Waals surface area contributed by atoms with Gasteiger partial charge in [-0.1, -0.05) is 34.6 Å². The molecular formula is C11H24O2. The average Bonchev–Trinajstić information content (AvgIpc) is 1.82. The minimum absolute atomic E-state index is 0.141. The Kier molecular flexibility index (Phi) is 4.40. The Morgan fingerprint density at radius 2 is 1.62 bits per heavy atom. The van der Waals surface area contributed by atoms with Crippen LogP contribution in [0.2, 0.25) is 0 Å². The third-order valence-corrected chi connectivity index (χ3v) is 2.85. The van der Waals surface area contributed by atoms with E-state index in [1.54, 1.807) is 6.92 Å². The van der Waals surface area contributed by atoms with E-state index in [1.807, 2.05) is 0 Å². The van der Waals surface area contributed by atoms with Gasteiger partial charge in [0.25, 0.3) is 0 Å². The van der Waals surface area contributed by atoms with Crippen LogP contribution in [0.1, 0.15) is 41.5 Å². The van der Waals surface area contributed by atoms with Gasteiger partial charge in [0.1, 0.15) is 0 Å². The number of hydrogen-bond donors (Lipinski definition) is 1. The first kappa shape index (κ1) is 12.9. The standard InChI is InChI=1S/C11H24O2/c1-9(12)7-13-8-11(5,6)10(2,3)4/h9,12H,7-8H2,1-6H3. The maximum Gasteiger partial charge on any atom is 0.0745 e. The van der Waals surface area contributed by atoms with Crippen LogP contribution in [0.4, 0.5) is 0 Å². The molecule has 0 spiro atoms. The topological polar surface area (TPSA) is 29.5 Å². The highest BCUT2D eigenvalue weighted by atomic mass is 16.5.